The van der Waals surface area contributed by atoms with Crippen LogP contribution in [0.5, 0.6) is 0 Å². The molecule has 1 amide bonds. The molecule has 6 heteroatoms. The lowest BCUT2D eigenvalue weighted by Crippen LogP contribution is -2.51. The van der Waals surface area contributed by atoms with Gasteiger partial charge in [-0.2, -0.15) is 0 Å². The Bertz CT molecular complexity index is 436. The molecule has 0 radical (unpaired) electrons. The van der Waals surface area contributed by atoms with Gasteiger partial charge in [0.15, 0.2) is 5.96 Å². The minimum Gasteiger partial charge on any atom is -0.356 e. The summed E-state index contributed by atoms with van der Waals surface area (Å²) in [4.78, 5) is 18.3. The van der Waals surface area contributed by atoms with Gasteiger partial charge in [-0.1, -0.05) is 6.42 Å². The van der Waals surface area contributed by atoms with Crippen molar-refractivity contribution >= 4 is 35.8 Å². The Morgan fingerprint density at radius 1 is 1.30 bits per heavy atom. The molecule has 0 aromatic rings. The number of guanidine groups is 1. The molecule has 0 aromatic carbocycles. The second-order valence-electron chi connectivity index (χ2n) is 8.05. The van der Waals surface area contributed by atoms with Crippen LogP contribution in [0, 0.1) is 11.3 Å². The smallest absolute Gasteiger partial charge is 0.240 e. The Morgan fingerprint density at radius 2 is 1.91 bits per heavy atom. The second-order valence-corrected chi connectivity index (χ2v) is 8.05. The Morgan fingerprint density at radius 3 is 2.30 bits per heavy atom. The van der Waals surface area contributed by atoms with E-state index in [1.807, 2.05) is 32.7 Å². The third-order valence-electron chi connectivity index (χ3n) is 4.86. The zero-order valence-corrected chi connectivity index (χ0v) is 17.6. The number of carbonyl (C=O) groups is 1. The number of rotatable bonds is 5. The van der Waals surface area contributed by atoms with Crippen molar-refractivity contribution in [2.75, 3.05) is 27.2 Å². The maximum Gasteiger partial charge on any atom is 0.240 e. The fraction of sp³-hybridized carbons (Fsp3) is 0.882. The van der Waals surface area contributed by atoms with Crippen LogP contribution in [0.2, 0.25) is 0 Å². The average Bonchev–Trinajstić information content (AvgIpc) is 3.14. The maximum absolute atomic E-state index is 12.0. The Balaban J connectivity index is 0.00000264. The van der Waals surface area contributed by atoms with Crippen molar-refractivity contribution < 1.29 is 4.79 Å². The van der Waals surface area contributed by atoms with Crippen molar-refractivity contribution in [1.29, 1.82) is 0 Å². The summed E-state index contributed by atoms with van der Waals surface area (Å²) in [5.74, 6) is 1.76. The zero-order chi connectivity index (χ0) is 16.4. The summed E-state index contributed by atoms with van der Waals surface area (Å²) in [5, 5.41) is 6.49. The Labute approximate surface area is 158 Å². The van der Waals surface area contributed by atoms with Gasteiger partial charge in [0, 0.05) is 26.2 Å². The molecule has 0 bridgehead atoms. The summed E-state index contributed by atoms with van der Waals surface area (Å²) >= 11 is 0. The summed E-state index contributed by atoms with van der Waals surface area (Å²) < 4.78 is 0. The fourth-order valence-electron chi connectivity index (χ4n) is 3.44. The number of aliphatic imine (C=N–C) groups is 1. The lowest BCUT2D eigenvalue weighted by molar-refractivity contribution is -0.122. The summed E-state index contributed by atoms with van der Waals surface area (Å²) in [5.41, 5.74) is 0.307. The lowest BCUT2D eigenvalue weighted by Gasteiger charge is -2.43. The minimum absolute atomic E-state index is 0. The highest BCUT2D eigenvalue weighted by Gasteiger charge is 2.48. The standard InChI is InChI=1S/C17H32N4O.HI/c1-16(2,3)20-14(22)11-21(5)15(18-4)19-12-17(9-6-10-17)13-7-8-13;/h13H,6-12H2,1-5H3,(H,18,19)(H,20,22);1H. The zero-order valence-electron chi connectivity index (χ0n) is 15.2. The molecule has 2 saturated carbocycles. The van der Waals surface area contributed by atoms with Crippen molar-refractivity contribution in [3.63, 3.8) is 0 Å². The van der Waals surface area contributed by atoms with Crippen molar-refractivity contribution in [2.24, 2.45) is 16.3 Å². The number of likely N-dealkylation sites (N-methyl/N-ethyl adjacent to an activating group) is 1. The molecule has 0 heterocycles. The SMILES string of the molecule is CN=C(NCC1(C2CC2)CCC1)N(C)CC(=O)NC(C)(C)C.I. The normalized spacial score (nSPS) is 20.1. The van der Waals surface area contributed by atoms with E-state index in [9.17, 15) is 4.79 Å². The highest BCUT2D eigenvalue weighted by atomic mass is 127. The quantitative estimate of drug-likeness (QED) is 0.396. The molecule has 0 atom stereocenters. The van der Waals surface area contributed by atoms with Gasteiger partial charge in [0.2, 0.25) is 5.91 Å². The van der Waals surface area contributed by atoms with Gasteiger partial charge < -0.3 is 15.5 Å². The Kier molecular flexibility index (Phi) is 7.16. The van der Waals surface area contributed by atoms with Crippen LogP contribution < -0.4 is 10.6 Å². The maximum atomic E-state index is 12.0. The molecular weight excluding hydrogens is 403 g/mol. The summed E-state index contributed by atoms with van der Waals surface area (Å²) in [6.45, 7) is 7.30. The molecule has 0 unspecified atom stereocenters. The highest BCUT2D eigenvalue weighted by molar-refractivity contribution is 14.0. The van der Waals surface area contributed by atoms with E-state index in [4.69, 9.17) is 0 Å². The molecule has 2 rings (SSSR count). The van der Waals surface area contributed by atoms with Gasteiger partial charge in [0.25, 0.3) is 0 Å². The molecule has 134 valence electrons. The molecule has 2 aliphatic rings. The number of halogens is 1. The van der Waals surface area contributed by atoms with E-state index in [1.54, 1.807) is 7.05 Å². The molecule has 0 saturated heterocycles. The third kappa shape index (κ3) is 5.80. The van der Waals surface area contributed by atoms with Crippen LogP contribution in [0.15, 0.2) is 4.99 Å². The lowest BCUT2D eigenvalue weighted by atomic mass is 9.65. The molecule has 2 N–H and O–H groups in total. The van der Waals surface area contributed by atoms with Gasteiger partial charge in [-0.3, -0.25) is 9.79 Å². The van der Waals surface area contributed by atoms with Gasteiger partial charge in [0.1, 0.15) is 0 Å². The number of nitrogens with one attached hydrogen (secondary N) is 2. The first kappa shape index (κ1) is 20.5. The van der Waals surface area contributed by atoms with Crippen LogP contribution in [-0.4, -0.2) is 49.5 Å². The van der Waals surface area contributed by atoms with E-state index in [2.05, 4.69) is 15.6 Å². The van der Waals surface area contributed by atoms with E-state index >= 15 is 0 Å². The van der Waals surface area contributed by atoms with E-state index in [0.717, 1.165) is 18.4 Å². The van der Waals surface area contributed by atoms with Crippen LogP contribution in [-0.2, 0) is 4.79 Å². The average molecular weight is 436 g/mol. The van der Waals surface area contributed by atoms with Crippen LogP contribution in [0.4, 0.5) is 0 Å². The van der Waals surface area contributed by atoms with Crippen LogP contribution in [0.1, 0.15) is 52.9 Å². The first-order chi connectivity index (χ1) is 10.3. The largest absolute Gasteiger partial charge is 0.356 e. The molecule has 0 aromatic heterocycles. The van der Waals surface area contributed by atoms with Crippen molar-refractivity contribution in [3.8, 4) is 0 Å². The summed E-state index contributed by atoms with van der Waals surface area (Å²) in [6, 6.07) is 0. The first-order valence-electron chi connectivity index (χ1n) is 8.48. The summed E-state index contributed by atoms with van der Waals surface area (Å²) in [7, 11) is 3.70. The monoisotopic (exact) mass is 436 g/mol. The first-order valence-corrected chi connectivity index (χ1v) is 8.48. The van der Waals surface area contributed by atoms with Gasteiger partial charge in [-0.15, -0.1) is 24.0 Å². The van der Waals surface area contributed by atoms with Crippen LogP contribution in [0.25, 0.3) is 0 Å². The van der Waals surface area contributed by atoms with Gasteiger partial charge in [0.05, 0.1) is 6.54 Å². The fourth-order valence-corrected chi connectivity index (χ4v) is 3.44. The number of hydrogen-bond acceptors (Lipinski definition) is 2. The van der Waals surface area contributed by atoms with Crippen molar-refractivity contribution in [2.45, 2.75) is 58.4 Å². The molecule has 2 aliphatic carbocycles. The van der Waals surface area contributed by atoms with Gasteiger partial charge in [-0.05, 0) is 57.8 Å². The van der Waals surface area contributed by atoms with Gasteiger partial charge >= 0.3 is 0 Å². The Hall–Kier alpha value is -0.530. The van der Waals surface area contributed by atoms with Crippen LogP contribution in [0.3, 0.4) is 0 Å². The number of nitrogens with zero attached hydrogens (tertiary/aromatic N) is 2. The molecule has 0 spiro atoms. The predicted molar refractivity (Wildman–Crippen MR) is 106 cm³/mol. The third-order valence-corrected chi connectivity index (χ3v) is 4.86. The molecular formula is C17H33IN4O. The van der Waals surface area contributed by atoms with Crippen LogP contribution >= 0.6 is 24.0 Å². The van der Waals surface area contributed by atoms with Crippen molar-refractivity contribution in [1.82, 2.24) is 15.5 Å². The summed E-state index contributed by atoms with van der Waals surface area (Å²) in [6.07, 6.45) is 6.83. The predicted octanol–water partition coefficient (Wildman–Crippen LogP) is 2.61. The topological polar surface area (TPSA) is 56.7 Å². The molecule has 2 fully saturated rings. The number of hydrogen-bond donors (Lipinski definition) is 2. The minimum atomic E-state index is -0.198. The molecule has 23 heavy (non-hydrogen) atoms. The van der Waals surface area contributed by atoms with E-state index < -0.39 is 0 Å². The van der Waals surface area contributed by atoms with E-state index in [-0.39, 0.29) is 35.4 Å². The van der Waals surface area contributed by atoms with E-state index in [0.29, 0.717) is 12.0 Å². The second kappa shape index (κ2) is 8.03. The highest BCUT2D eigenvalue weighted by Crippen LogP contribution is 2.56. The van der Waals surface area contributed by atoms with Crippen molar-refractivity contribution in [3.05, 3.63) is 0 Å². The number of amides is 1. The van der Waals surface area contributed by atoms with E-state index in [1.165, 1.54) is 32.1 Å². The molecule has 0 aliphatic heterocycles. The molecule has 5 nitrogen and oxygen atoms in total. The number of carbonyl (C=O) groups excluding carboxylic acids is 1. The van der Waals surface area contributed by atoms with Gasteiger partial charge in [-0.25, -0.2) is 0 Å².